The Bertz CT molecular complexity index is 937. The van der Waals surface area contributed by atoms with Gasteiger partial charge in [0, 0.05) is 10.9 Å². The highest BCUT2D eigenvalue weighted by Crippen LogP contribution is 2.25. The van der Waals surface area contributed by atoms with Crippen LogP contribution in [-0.4, -0.2) is 5.91 Å². The van der Waals surface area contributed by atoms with Crippen molar-refractivity contribution in [3.05, 3.63) is 70.0 Å². The zero-order valence-corrected chi connectivity index (χ0v) is 15.6. The van der Waals surface area contributed by atoms with Crippen LogP contribution >= 0.6 is 0 Å². The molecule has 1 N–H and O–H groups in total. The van der Waals surface area contributed by atoms with E-state index < -0.39 is 0 Å². The first-order valence-electron chi connectivity index (χ1n) is 8.69. The maximum Gasteiger partial charge on any atom is 0.225 e. The second-order valence-corrected chi connectivity index (χ2v) is 7.02. The Kier molecular flexibility index (Phi) is 4.67. The molecule has 0 aliphatic heterocycles. The van der Waals surface area contributed by atoms with Crippen LogP contribution < -0.4 is 5.32 Å². The van der Waals surface area contributed by atoms with E-state index in [9.17, 15) is 4.79 Å². The van der Waals surface area contributed by atoms with Crippen molar-refractivity contribution in [1.82, 2.24) is 5.32 Å². The zero-order chi connectivity index (χ0) is 18.1. The molecule has 3 aromatic rings. The monoisotopic (exact) mass is 335 g/mol. The smallest absolute Gasteiger partial charge is 0.225 e. The molecule has 1 atom stereocenters. The number of hydrogen-bond acceptors (Lipinski definition) is 2. The van der Waals surface area contributed by atoms with Gasteiger partial charge in [0.15, 0.2) is 0 Å². The van der Waals surface area contributed by atoms with Crippen molar-refractivity contribution in [2.75, 3.05) is 0 Å². The first kappa shape index (κ1) is 17.3. The van der Waals surface area contributed by atoms with E-state index in [0.717, 1.165) is 22.1 Å². The molecule has 3 nitrogen and oxygen atoms in total. The van der Waals surface area contributed by atoms with E-state index in [0.29, 0.717) is 6.42 Å². The summed E-state index contributed by atoms with van der Waals surface area (Å²) in [5, 5.41) is 4.14. The van der Waals surface area contributed by atoms with E-state index in [1.165, 1.54) is 22.3 Å². The molecule has 3 heteroatoms. The van der Waals surface area contributed by atoms with Gasteiger partial charge in [-0.3, -0.25) is 4.79 Å². The van der Waals surface area contributed by atoms with E-state index in [-0.39, 0.29) is 11.9 Å². The van der Waals surface area contributed by atoms with Crippen LogP contribution in [0.2, 0.25) is 0 Å². The molecule has 0 aliphatic carbocycles. The van der Waals surface area contributed by atoms with Gasteiger partial charge in [-0.05, 0) is 69.0 Å². The predicted octanol–water partition coefficient (Wildman–Crippen LogP) is 5.09. The van der Waals surface area contributed by atoms with Crippen molar-refractivity contribution in [3.63, 3.8) is 0 Å². The molecule has 0 saturated carbocycles. The van der Waals surface area contributed by atoms with Crippen molar-refractivity contribution < 1.29 is 9.21 Å². The maximum absolute atomic E-state index is 12.5. The van der Waals surface area contributed by atoms with E-state index in [2.05, 4.69) is 57.3 Å². The van der Waals surface area contributed by atoms with Crippen LogP contribution in [0.1, 0.15) is 46.3 Å². The first-order chi connectivity index (χ1) is 11.8. The Hall–Kier alpha value is -2.55. The van der Waals surface area contributed by atoms with Crippen LogP contribution in [0.3, 0.4) is 0 Å². The molecule has 1 amide bonds. The Labute approximate surface area is 149 Å². The van der Waals surface area contributed by atoms with Gasteiger partial charge in [-0.15, -0.1) is 0 Å². The van der Waals surface area contributed by atoms with Crippen molar-refractivity contribution in [2.24, 2.45) is 0 Å². The van der Waals surface area contributed by atoms with Gasteiger partial charge >= 0.3 is 0 Å². The highest BCUT2D eigenvalue weighted by molar-refractivity contribution is 5.88. The SMILES string of the molecule is Cc1ccc(C)c(C(C)NC(=O)Cc2coc3cc(C)c(C)cc23)c1. The van der Waals surface area contributed by atoms with Gasteiger partial charge in [0.1, 0.15) is 5.58 Å². The summed E-state index contributed by atoms with van der Waals surface area (Å²) in [7, 11) is 0. The number of hydrogen-bond donors (Lipinski definition) is 1. The van der Waals surface area contributed by atoms with Crippen molar-refractivity contribution >= 4 is 16.9 Å². The summed E-state index contributed by atoms with van der Waals surface area (Å²) in [6.07, 6.45) is 2.02. The quantitative estimate of drug-likeness (QED) is 0.722. The summed E-state index contributed by atoms with van der Waals surface area (Å²) in [4.78, 5) is 12.5. The average Bonchev–Trinajstić information content (AvgIpc) is 2.92. The number of fused-ring (bicyclic) bond motifs is 1. The summed E-state index contributed by atoms with van der Waals surface area (Å²) in [6.45, 7) is 10.3. The number of carbonyl (C=O) groups is 1. The molecule has 0 aliphatic rings. The number of aryl methyl sites for hydroxylation is 4. The third-order valence-corrected chi connectivity index (χ3v) is 4.90. The Balaban J connectivity index is 1.76. The number of carbonyl (C=O) groups excluding carboxylic acids is 1. The Morgan fingerprint density at radius 1 is 1.04 bits per heavy atom. The number of rotatable bonds is 4. The Morgan fingerprint density at radius 2 is 1.76 bits per heavy atom. The largest absolute Gasteiger partial charge is 0.464 e. The minimum Gasteiger partial charge on any atom is -0.464 e. The normalized spacial score (nSPS) is 12.4. The summed E-state index contributed by atoms with van der Waals surface area (Å²) >= 11 is 0. The lowest BCUT2D eigenvalue weighted by Crippen LogP contribution is -2.28. The van der Waals surface area contributed by atoms with E-state index >= 15 is 0 Å². The Morgan fingerprint density at radius 3 is 2.52 bits per heavy atom. The van der Waals surface area contributed by atoms with Gasteiger partial charge in [-0.25, -0.2) is 0 Å². The average molecular weight is 335 g/mol. The van der Waals surface area contributed by atoms with Gasteiger partial charge in [0.2, 0.25) is 5.91 Å². The van der Waals surface area contributed by atoms with Crippen LogP contribution in [0.4, 0.5) is 0 Å². The molecule has 2 aromatic carbocycles. The lowest BCUT2D eigenvalue weighted by molar-refractivity contribution is -0.121. The van der Waals surface area contributed by atoms with Gasteiger partial charge in [-0.1, -0.05) is 23.8 Å². The molecule has 1 unspecified atom stereocenters. The third-order valence-electron chi connectivity index (χ3n) is 4.90. The van der Waals surface area contributed by atoms with Crippen LogP contribution in [0.15, 0.2) is 41.0 Å². The van der Waals surface area contributed by atoms with Crippen molar-refractivity contribution in [1.29, 1.82) is 0 Å². The molecule has 3 rings (SSSR count). The highest BCUT2D eigenvalue weighted by atomic mass is 16.3. The molecule has 0 saturated heterocycles. The number of benzene rings is 2. The number of amides is 1. The molecule has 0 radical (unpaired) electrons. The summed E-state index contributed by atoms with van der Waals surface area (Å²) < 4.78 is 5.63. The maximum atomic E-state index is 12.5. The second-order valence-electron chi connectivity index (χ2n) is 7.02. The molecule has 0 bridgehead atoms. The zero-order valence-electron chi connectivity index (χ0n) is 15.6. The molecule has 0 spiro atoms. The van der Waals surface area contributed by atoms with Gasteiger partial charge in [-0.2, -0.15) is 0 Å². The van der Waals surface area contributed by atoms with Gasteiger partial charge < -0.3 is 9.73 Å². The molecular formula is C22H25NO2. The lowest BCUT2D eigenvalue weighted by Gasteiger charge is -2.17. The third kappa shape index (κ3) is 3.60. The van der Waals surface area contributed by atoms with Crippen LogP contribution in [0, 0.1) is 27.7 Å². The molecular weight excluding hydrogens is 310 g/mol. The van der Waals surface area contributed by atoms with Crippen molar-refractivity contribution in [2.45, 2.75) is 47.1 Å². The van der Waals surface area contributed by atoms with Gasteiger partial charge in [0.25, 0.3) is 0 Å². The molecule has 0 fully saturated rings. The summed E-state index contributed by atoms with van der Waals surface area (Å²) in [6, 6.07) is 10.4. The summed E-state index contributed by atoms with van der Waals surface area (Å²) in [5.41, 5.74) is 7.74. The minimum absolute atomic E-state index is 0.00864. The van der Waals surface area contributed by atoms with Crippen LogP contribution in [0.25, 0.3) is 11.0 Å². The molecule has 130 valence electrons. The minimum atomic E-state index is -0.0189. The second kappa shape index (κ2) is 6.75. The fourth-order valence-corrected chi connectivity index (χ4v) is 3.24. The number of nitrogens with one attached hydrogen (secondary N) is 1. The predicted molar refractivity (Wildman–Crippen MR) is 102 cm³/mol. The number of furan rings is 1. The van der Waals surface area contributed by atoms with E-state index in [1.807, 2.05) is 13.0 Å². The standard InChI is InChI=1S/C22H25NO2/c1-13-6-7-14(2)19(8-13)17(5)23-22(24)11-18-12-25-21-10-16(4)15(3)9-20(18)21/h6-10,12,17H,11H2,1-5H3,(H,23,24). The fourth-order valence-electron chi connectivity index (χ4n) is 3.24. The molecule has 1 aromatic heterocycles. The first-order valence-corrected chi connectivity index (χ1v) is 8.69. The topological polar surface area (TPSA) is 42.2 Å². The van der Waals surface area contributed by atoms with Crippen LogP contribution in [0.5, 0.6) is 0 Å². The van der Waals surface area contributed by atoms with Crippen molar-refractivity contribution in [3.8, 4) is 0 Å². The fraction of sp³-hybridized carbons (Fsp3) is 0.318. The molecule has 1 heterocycles. The highest BCUT2D eigenvalue weighted by Gasteiger charge is 2.15. The molecule has 25 heavy (non-hydrogen) atoms. The van der Waals surface area contributed by atoms with Gasteiger partial charge in [0.05, 0.1) is 18.7 Å². The van der Waals surface area contributed by atoms with Crippen LogP contribution in [-0.2, 0) is 11.2 Å². The van der Waals surface area contributed by atoms with E-state index in [1.54, 1.807) is 6.26 Å². The summed E-state index contributed by atoms with van der Waals surface area (Å²) in [5.74, 6) is 0.00864. The van der Waals surface area contributed by atoms with E-state index in [4.69, 9.17) is 4.42 Å². The lowest BCUT2D eigenvalue weighted by atomic mass is 9.99.